The molecule has 8 heteroatoms. The summed E-state index contributed by atoms with van der Waals surface area (Å²) in [4.78, 5) is 9.06. The second-order valence-corrected chi connectivity index (χ2v) is 6.65. The highest BCUT2D eigenvalue weighted by molar-refractivity contribution is 8.01. The lowest BCUT2D eigenvalue weighted by Crippen LogP contribution is -1.99. The number of aromatic nitrogens is 2. The molecule has 2 aromatic heterocycles. The van der Waals surface area contributed by atoms with Crippen LogP contribution in [0.3, 0.4) is 0 Å². The number of anilines is 2. The van der Waals surface area contributed by atoms with Crippen molar-refractivity contribution in [1.82, 2.24) is 9.97 Å². The molecule has 21 heavy (non-hydrogen) atoms. The van der Waals surface area contributed by atoms with Gasteiger partial charge < -0.3 is 11.5 Å². The van der Waals surface area contributed by atoms with Crippen molar-refractivity contribution in [1.29, 1.82) is 0 Å². The van der Waals surface area contributed by atoms with Crippen LogP contribution in [0, 0.1) is 18.6 Å². The van der Waals surface area contributed by atoms with E-state index in [-0.39, 0.29) is 5.95 Å². The highest BCUT2D eigenvalue weighted by Crippen LogP contribution is 2.42. The van der Waals surface area contributed by atoms with E-state index in [1.807, 2.05) is 6.92 Å². The van der Waals surface area contributed by atoms with Crippen molar-refractivity contribution in [3.63, 3.8) is 0 Å². The minimum atomic E-state index is -0.604. The van der Waals surface area contributed by atoms with Crippen LogP contribution in [0.15, 0.2) is 27.3 Å². The molecule has 4 nitrogen and oxygen atoms in total. The molecule has 0 aliphatic carbocycles. The van der Waals surface area contributed by atoms with Gasteiger partial charge in [-0.2, -0.15) is 4.98 Å². The molecule has 3 aromatic rings. The van der Waals surface area contributed by atoms with Gasteiger partial charge in [-0.25, -0.2) is 13.8 Å². The molecule has 3 rings (SSSR count). The molecule has 0 saturated carbocycles. The average Bonchev–Trinajstić information content (AvgIpc) is 2.69. The predicted molar refractivity (Wildman–Crippen MR) is 81.5 cm³/mol. The third-order valence-electron chi connectivity index (χ3n) is 2.89. The van der Waals surface area contributed by atoms with Crippen molar-refractivity contribution in [2.75, 3.05) is 11.5 Å². The molecule has 0 saturated heterocycles. The number of nitrogen functional groups attached to an aromatic ring is 2. The fraction of sp³-hybridized carbons (Fsp3) is 0.0769. The predicted octanol–water partition coefficient (Wildman–Crippen LogP) is 3.59. The molecule has 0 atom stereocenters. The summed E-state index contributed by atoms with van der Waals surface area (Å²) in [6.07, 6.45) is 0. The molecule has 0 aliphatic heterocycles. The summed E-state index contributed by atoms with van der Waals surface area (Å²) in [5, 5.41) is 0.721. The number of nitrogens with zero attached hydrogens (tertiary/aromatic N) is 2. The van der Waals surface area contributed by atoms with Gasteiger partial charge in [-0.15, -0.1) is 11.3 Å². The first-order chi connectivity index (χ1) is 9.95. The minimum Gasteiger partial charge on any atom is -0.383 e. The highest BCUT2D eigenvalue weighted by Gasteiger charge is 2.16. The van der Waals surface area contributed by atoms with Crippen molar-refractivity contribution in [2.24, 2.45) is 0 Å². The number of benzene rings is 1. The SMILES string of the molecule is Cc1c(Sc2ccc(F)cc2F)sc2nc(N)nc(N)c12. The Morgan fingerprint density at radius 2 is 1.95 bits per heavy atom. The topological polar surface area (TPSA) is 77.8 Å². The van der Waals surface area contributed by atoms with E-state index in [4.69, 9.17) is 11.5 Å². The maximum Gasteiger partial charge on any atom is 0.223 e. The summed E-state index contributed by atoms with van der Waals surface area (Å²) in [6.45, 7) is 1.86. The Morgan fingerprint density at radius 1 is 1.19 bits per heavy atom. The second-order valence-electron chi connectivity index (χ2n) is 4.34. The number of rotatable bonds is 2. The maximum absolute atomic E-state index is 13.7. The van der Waals surface area contributed by atoms with Crippen LogP contribution < -0.4 is 11.5 Å². The van der Waals surface area contributed by atoms with Crippen molar-refractivity contribution < 1.29 is 8.78 Å². The number of thiophene rings is 1. The lowest BCUT2D eigenvalue weighted by atomic mass is 10.2. The quantitative estimate of drug-likeness (QED) is 0.753. The zero-order valence-electron chi connectivity index (χ0n) is 10.9. The number of halogens is 2. The van der Waals surface area contributed by atoms with Gasteiger partial charge in [-0.3, -0.25) is 0 Å². The van der Waals surface area contributed by atoms with Gasteiger partial charge in [0.1, 0.15) is 22.3 Å². The van der Waals surface area contributed by atoms with Crippen LogP contribution in [0.2, 0.25) is 0 Å². The van der Waals surface area contributed by atoms with Gasteiger partial charge in [-0.1, -0.05) is 11.8 Å². The molecule has 4 N–H and O–H groups in total. The summed E-state index contributed by atoms with van der Waals surface area (Å²) in [6, 6.07) is 3.49. The number of fused-ring (bicyclic) bond motifs is 1. The average molecular weight is 324 g/mol. The van der Waals surface area contributed by atoms with Gasteiger partial charge >= 0.3 is 0 Å². The van der Waals surface area contributed by atoms with Crippen LogP contribution in [-0.2, 0) is 0 Å². The van der Waals surface area contributed by atoms with Gasteiger partial charge in [0.05, 0.1) is 9.60 Å². The molecule has 2 heterocycles. The Kier molecular flexibility index (Phi) is 3.42. The lowest BCUT2D eigenvalue weighted by molar-refractivity contribution is 0.566. The van der Waals surface area contributed by atoms with Crippen LogP contribution in [-0.4, -0.2) is 9.97 Å². The van der Waals surface area contributed by atoms with E-state index in [1.165, 1.54) is 35.2 Å². The van der Waals surface area contributed by atoms with E-state index in [2.05, 4.69) is 9.97 Å². The first-order valence-electron chi connectivity index (χ1n) is 5.90. The normalized spacial score (nSPS) is 11.2. The smallest absolute Gasteiger partial charge is 0.223 e. The Hall–Kier alpha value is -1.93. The lowest BCUT2D eigenvalue weighted by Gasteiger charge is -2.02. The molecular weight excluding hydrogens is 314 g/mol. The fourth-order valence-electron chi connectivity index (χ4n) is 1.92. The van der Waals surface area contributed by atoms with Crippen LogP contribution in [0.1, 0.15) is 5.56 Å². The number of nitrogens with two attached hydrogens (primary N) is 2. The molecular formula is C13H10F2N4S2. The zero-order chi connectivity index (χ0) is 15.1. The minimum absolute atomic E-state index is 0.103. The van der Waals surface area contributed by atoms with Crippen LogP contribution >= 0.6 is 23.1 Å². The molecule has 108 valence electrons. The number of hydrogen-bond donors (Lipinski definition) is 2. The third kappa shape index (κ3) is 2.52. The van der Waals surface area contributed by atoms with Crippen molar-refractivity contribution >= 4 is 45.1 Å². The Bertz CT molecular complexity index is 848. The van der Waals surface area contributed by atoms with Crippen LogP contribution in [0.25, 0.3) is 10.2 Å². The van der Waals surface area contributed by atoms with E-state index in [1.54, 1.807) is 0 Å². The van der Waals surface area contributed by atoms with Gasteiger partial charge in [0, 0.05) is 11.0 Å². The van der Waals surface area contributed by atoms with Crippen molar-refractivity contribution in [2.45, 2.75) is 16.0 Å². The fourth-order valence-corrected chi connectivity index (χ4v) is 4.27. The summed E-state index contributed by atoms with van der Waals surface area (Å²) >= 11 is 2.55. The van der Waals surface area contributed by atoms with Crippen LogP contribution in [0.5, 0.6) is 0 Å². The summed E-state index contributed by atoms with van der Waals surface area (Å²) in [5.41, 5.74) is 12.3. The number of hydrogen-bond acceptors (Lipinski definition) is 6. The third-order valence-corrected chi connectivity index (χ3v) is 5.41. The second kappa shape index (κ2) is 5.12. The first-order valence-corrected chi connectivity index (χ1v) is 7.54. The monoisotopic (exact) mass is 324 g/mol. The van der Waals surface area contributed by atoms with Crippen molar-refractivity contribution in [3.05, 3.63) is 35.4 Å². The van der Waals surface area contributed by atoms with Crippen molar-refractivity contribution in [3.8, 4) is 0 Å². The standard InChI is InChI=1S/C13H10F2N4S2/c1-5-9-10(16)18-13(17)19-11(9)21-12(5)20-8-3-2-6(14)4-7(8)15/h2-4H,1H3,(H4,16,17,18,19). The maximum atomic E-state index is 13.7. The van der Waals surface area contributed by atoms with E-state index < -0.39 is 11.6 Å². The van der Waals surface area contributed by atoms with E-state index in [9.17, 15) is 8.78 Å². The molecule has 0 bridgehead atoms. The van der Waals surface area contributed by atoms with E-state index in [0.29, 0.717) is 15.5 Å². The first kappa shape index (κ1) is 14.0. The Labute approximate surface area is 127 Å². The molecule has 0 fully saturated rings. The number of aryl methyl sites for hydroxylation is 1. The van der Waals surface area contributed by atoms with Gasteiger partial charge in [0.15, 0.2) is 0 Å². The molecule has 0 radical (unpaired) electrons. The molecule has 0 unspecified atom stereocenters. The molecule has 1 aromatic carbocycles. The summed E-state index contributed by atoms with van der Waals surface area (Å²) in [7, 11) is 0. The van der Waals surface area contributed by atoms with E-state index in [0.717, 1.165) is 21.2 Å². The van der Waals surface area contributed by atoms with E-state index >= 15 is 0 Å². The Morgan fingerprint density at radius 3 is 2.67 bits per heavy atom. The van der Waals surface area contributed by atoms with Gasteiger partial charge in [0.25, 0.3) is 0 Å². The van der Waals surface area contributed by atoms with Gasteiger partial charge in [-0.05, 0) is 24.6 Å². The van der Waals surface area contributed by atoms with Gasteiger partial charge in [0.2, 0.25) is 5.95 Å². The zero-order valence-corrected chi connectivity index (χ0v) is 12.5. The largest absolute Gasteiger partial charge is 0.383 e. The Balaban J connectivity index is 2.09. The van der Waals surface area contributed by atoms with Crippen LogP contribution in [0.4, 0.5) is 20.5 Å². The molecule has 0 aliphatic rings. The molecule has 0 spiro atoms. The summed E-state index contributed by atoms with van der Waals surface area (Å²) < 4.78 is 27.5. The molecule has 0 amide bonds. The summed E-state index contributed by atoms with van der Waals surface area (Å²) in [5.74, 6) is -0.799. The highest BCUT2D eigenvalue weighted by atomic mass is 32.2.